The van der Waals surface area contributed by atoms with E-state index in [0.717, 1.165) is 6.26 Å². The van der Waals surface area contributed by atoms with Crippen molar-refractivity contribution in [2.24, 2.45) is 0 Å². The standard InChI is InChI=1S/C13H20N2O4S/c1-4-11(15-20(3,17)18)10-7-5-6-8-12(10)19-9-13(16)14-2/h5-8,11,15H,4,9H2,1-3H3,(H,14,16). The summed E-state index contributed by atoms with van der Waals surface area (Å²) >= 11 is 0. The van der Waals surface area contributed by atoms with Gasteiger partial charge in [-0.2, -0.15) is 0 Å². The molecule has 1 amide bonds. The van der Waals surface area contributed by atoms with Gasteiger partial charge in [-0.05, 0) is 12.5 Å². The molecule has 0 spiro atoms. The number of likely N-dealkylation sites (N-methyl/N-ethyl adjacent to an activating group) is 1. The number of para-hydroxylation sites is 1. The van der Waals surface area contributed by atoms with Crippen molar-refractivity contribution < 1.29 is 17.9 Å². The molecule has 1 aromatic rings. The predicted molar refractivity (Wildman–Crippen MR) is 77.0 cm³/mol. The molecular formula is C13H20N2O4S. The third-order valence-electron chi connectivity index (χ3n) is 2.70. The van der Waals surface area contributed by atoms with Crippen molar-refractivity contribution in [2.75, 3.05) is 19.9 Å². The van der Waals surface area contributed by atoms with Crippen LogP contribution in [-0.2, 0) is 14.8 Å². The molecule has 1 rings (SSSR count). The summed E-state index contributed by atoms with van der Waals surface area (Å²) in [4.78, 5) is 11.2. The maximum atomic E-state index is 11.4. The Hall–Kier alpha value is -1.60. The highest BCUT2D eigenvalue weighted by Crippen LogP contribution is 2.27. The molecule has 1 aromatic carbocycles. The minimum Gasteiger partial charge on any atom is -0.483 e. The van der Waals surface area contributed by atoms with E-state index in [0.29, 0.717) is 17.7 Å². The maximum Gasteiger partial charge on any atom is 0.257 e. The summed E-state index contributed by atoms with van der Waals surface area (Å²) < 4.78 is 30.8. The average molecular weight is 300 g/mol. The van der Waals surface area contributed by atoms with Crippen LogP contribution in [0, 0.1) is 0 Å². The second-order valence-electron chi connectivity index (χ2n) is 4.35. The first kappa shape index (κ1) is 16.5. The minimum absolute atomic E-state index is 0.108. The van der Waals surface area contributed by atoms with Crippen molar-refractivity contribution in [3.63, 3.8) is 0 Å². The fraction of sp³-hybridized carbons (Fsp3) is 0.462. The van der Waals surface area contributed by atoms with Gasteiger partial charge in [0.25, 0.3) is 5.91 Å². The van der Waals surface area contributed by atoms with Crippen LogP contribution in [0.25, 0.3) is 0 Å². The maximum absolute atomic E-state index is 11.4. The smallest absolute Gasteiger partial charge is 0.257 e. The zero-order chi connectivity index (χ0) is 15.2. The molecule has 112 valence electrons. The van der Waals surface area contributed by atoms with Crippen LogP contribution in [0.3, 0.4) is 0 Å². The second-order valence-corrected chi connectivity index (χ2v) is 6.13. The topological polar surface area (TPSA) is 84.5 Å². The van der Waals surface area contributed by atoms with Gasteiger partial charge in [-0.3, -0.25) is 4.79 Å². The normalized spacial score (nSPS) is 12.8. The number of carbonyl (C=O) groups excluding carboxylic acids is 1. The molecule has 0 radical (unpaired) electrons. The Morgan fingerprint density at radius 2 is 2.00 bits per heavy atom. The number of nitrogens with one attached hydrogen (secondary N) is 2. The molecule has 0 heterocycles. The Labute approximate surface area is 119 Å². The molecule has 0 aliphatic carbocycles. The highest BCUT2D eigenvalue weighted by Gasteiger charge is 2.18. The van der Waals surface area contributed by atoms with E-state index in [2.05, 4.69) is 10.0 Å². The number of hydrogen-bond acceptors (Lipinski definition) is 4. The number of benzene rings is 1. The number of rotatable bonds is 7. The van der Waals surface area contributed by atoms with Crippen LogP contribution in [0.4, 0.5) is 0 Å². The fourth-order valence-corrected chi connectivity index (χ4v) is 2.55. The highest BCUT2D eigenvalue weighted by atomic mass is 32.2. The Morgan fingerprint density at radius 3 is 2.55 bits per heavy atom. The van der Waals surface area contributed by atoms with Crippen LogP contribution in [-0.4, -0.2) is 34.2 Å². The zero-order valence-corrected chi connectivity index (χ0v) is 12.7. The van der Waals surface area contributed by atoms with Crippen LogP contribution >= 0.6 is 0 Å². The van der Waals surface area contributed by atoms with Gasteiger partial charge in [-0.1, -0.05) is 25.1 Å². The van der Waals surface area contributed by atoms with E-state index < -0.39 is 10.0 Å². The van der Waals surface area contributed by atoms with Crippen LogP contribution in [0.5, 0.6) is 5.75 Å². The molecule has 7 heteroatoms. The van der Waals surface area contributed by atoms with Gasteiger partial charge < -0.3 is 10.1 Å². The molecule has 2 N–H and O–H groups in total. The first-order valence-electron chi connectivity index (χ1n) is 6.27. The summed E-state index contributed by atoms with van der Waals surface area (Å²) in [7, 11) is -1.80. The third kappa shape index (κ3) is 5.18. The van der Waals surface area contributed by atoms with E-state index >= 15 is 0 Å². The number of amides is 1. The lowest BCUT2D eigenvalue weighted by atomic mass is 10.0. The van der Waals surface area contributed by atoms with Crippen LogP contribution in [0.1, 0.15) is 24.9 Å². The summed E-state index contributed by atoms with van der Waals surface area (Å²) in [6, 6.07) is 6.69. The zero-order valence-electron chi connectivity index (χ0n) is 11.8. The van der Waals surface area contributed by atoms with E-state index in [-0.39, 0.29) is 18.6 Å². The number of hydrogen-bond donors (Lipinski definition) is 2. The van der Waals surface area contributed by atoms with Crippen molar-refractivity contribution in [2.45, 2.75) is 19.4 Å². The van der Waals surface area contributed by atoms with E-state index in [4.69, 9.17) is 4.74 Å². The molecule has 1 atom stereocenters. The average Bonchev–Trinajstić information content (AvgIpc) is 2.41. The van der Waals surface area contributed by atoms with E-state index in [1.165, 1.54) is 7.05 Å². The SMILES string of the molecule is CCC(NS(C)(=O)=O)c1ccccc1OCC(=O)NC. The monoisotopic (exact) mass is 300 g/mol. The van der Waals surface area contributed by atoms with Crippen LogP contribution in [0.2, 0.25) is 0 Å². The molecule has 0 saturated heterocycles. The third-order valence-corrected chi connectivity index (χ3v) is 3.41. The minimum atomic E-state index is -3.32. The first-order chi connectivity index (χ1) is 9.37. The lowest BCUT2D eigenvalue weighted by Crippen LogP contribution is -2.28. The molecule has 0 aliphatic rings. The van der Waals surface area contributed by atoms with Crippen LogP contribution in [0.15, 0.2) is 24.3 Å². The summed E-state index contributed by atoms with van der Waals surface area (Å²) in [6.07, 6.45) is 1.69. The Kier molecular flexibility index (Phi) is 5.97. The summed E-state index contributed by atoms with van der Waals surface area (Å²) in [5.74, 6) is 0.253. The number of sulfonamides is 1. The summed E-state index contributed by atoms with van der Waals surface area (Å²) in [5.41, 5.74) is 0.712. The Morgan fingerprint density at radius 1 is 1.35 bits per heavy atom. The largest absolute Gasteiger partial charge is 0.483 e. The Bertz CT molecular complexity index is 557. The van der Waals surface area contributed by atoms with Crippen molar-refractivity contribution in [3.05, 3.63) is 29.8 Å². The van der Waals surface area contributed by atoms with Gasteiger partial charge in [0.05, 0.1) is 12.3 Å². The van der Waals surface area contributed by atoms with Gasteiger partial charge >= 0.3 is 0 Å². The lowest BCUT2D eigenvalue weighted by molar-refractivity contribution is -0.122. The van der Waals surface area contributed by atoms with E-state index in [1.54, 1.807) is 24.3 Å². The molecule has 1 unspecified atom stereocenters. The number of ether oxygens (including phenoxy) is 1. The molecule has 6 nitrogen and oxygen atoms in total. The van der Waals surface area contributed by atoms with Gasteiger partial charge in [0.15, 0.2) is 6.61 Å². The first-order valence-corrected chi connectivity index (χ1v) is 8.16. The van der Waals surface area contributed by atoms with Gasteiger partial charge in [0, 0.05) is 12.6 Å². The van der Waals surface area contributed by atoms with Gasteiger partial charge in [0.1, 0.15) is 5.75 Å². The van der Waals surface area contributed by atoms with Crippen molar-refractivity contribution >= 4 is 15.9 Å². The van der Waals surface area contributed by atoms with E-state index in [9.17, 15) is 13.2 Å². The summed E-state index contributed by atoms with van der Waals surface area (Å²) in [5, 5.41) is 2.46. The quantitative estimate of drug-likeness (QED) is 0.780. The molecule has 0 aromatic heterocycles. The molecule has 0 fully saturated rings. The molecular weight excluding hydrogens is 280 g/mol. The molecule has 0 aliphatic heterocycles. The van der Waals surface area contributed by atoms with E-state index in [1.807, 2.05) is 6.92 Å². The second kappa shape index (κ2) is 7.25. The van der Waals surface area contributed by atoms with Crippen molar-refractivity contribution in [1.82, 2.24) is 10.0 Å². The summed E-state index contributed by atoms with van der Waals surface area (Å²) in [6.45, 7) is 1.77. The van der Waals surface area contributed by atoms with Gasteiger partial charge in [0.2, 0.25) is 10.0 Å². The van der Waals surface area contributed by atoms with Crippen molar-refractivity contribution in [1.29, 1.82) is 0 Å². The predicted octanol–water partition coefficient (Wildman–Crippen LogP) is 0.812. The Balaban J connectivity index is 2.95. The van der Waals surface area contributed by atoms with Gasteiger partial charge in [-0.25, -0.2) is 13.1 Å². The lowest BCUT2D eigenvalue weighted by Gasteiger charge is -2.19. The van der Waals surface area contributed by atoms with Crippen molar-refractivity contribution in [3.8, 4) is 5.75 Å². The van der Waals surface area contributed by atoms with Gasteiger partial charge in [-0.15, -0.1) is 0 Å². The molecule has 0 bridgehead atoms. The molecule has 0 saturated carbocycles. The highest BCUT2D eigenvalue weighted by molar-refractivity contribution is 7.88. The number of carbonyl (C=O) groups is 1. The molecule has 20 heavy (non-hydrogen) atoms. The fourth-order valence-electron chi connectivity index (χ4n) is 1.74. The van der Waals surface area contributed by atoms with Crippen LogP contribution < -0.4 is 14.8 Å².